The Kier molecular flexibility index (Phi) is 2.82. The number of hydrogen-bond acceptors (Lipinski definition) is 3. The van der Waals surface area contributed by atoms with Gasteiger partial charge in [-0.25, -0.2) is 4.79 Å². The summed E-state index contributed by atoms with van der Waals surface area (Å²) in [6.45, 7) is 0. The van der Waals surface area contributed by atoms with E-state index in [4.69, 9.17) is 9.84 Å². The van der Waals surface area contributed by atoms with Crippen molar-refractivity contribution in [3.63, 3.8) is 0 Å². The second kappa shape index (κ2) is 4.29. The average molecular weight is 232 g/mol. The number of benzene rings is 1. The van der Waals surface area contributed by atoms with Crippen molar-refractivity contribution in [1.82, 2.24) is 9.78 Å². The fraction of sp³-hybridized carbons (Fsp3) is 0.167. The fourth-order valence-electron chi connectivity index (χ4n) is 1.71. The van der Waals surface area contributed by atoms with Crippen LogP contribution in [-0.4, -0.2) is 28.0 Å². The summed E-state index contributed by atoms with van der Waals surface area (Å²) in [5, 5.41) is 13.0. The fourth-order valence-corrected chi connectivity index (χ4v) is 1.71. The predicted molar refractivity (Wildman–Crippen MR) is 62.2 cm³/mol. The molecule has 1 N–H and O–H groups in total. The number of rotatable bonds is 3. The zero-order valence-corrected chi connectivity index (χ0v) is 9.54. The van der Waals surface area contributed by atoms with E-state index in [1.807, 2.05) is 18.2 Å². The summed E-state index contributed by atoms with van der Waals surface area (Å²) >= 11 is 0. The molecule has 5 heteroatoms. The number of ether oxygens (including phenoxy) is 1. The second-order valence-corrected chi connectivity index (χ2v) is 3.57. The summed E-state index contributed by atoms with van der Waals surface area (Å²) in [7, 11) is 3.24. The number of para-hydroxylation sites is 1. The molecule has 0 radical (unpaired) electrons. The third kappa shape index (κ3) is 1.99. The molecule has 0 saturated heterocycles. The Balaban J connectivity index is 2.63. The number of nitrogens with zero attached hydrogens (tertiary/aromatic N) is 2. The van der Waals surface area contributed by atoms with E-state index >= 15 is 0 Å². The lowest BCUT2D eigenvalue weighted by molar-refractivity contribution is 0.0690. The van der Waals surface area contributed by atoms with Crippen LogP contribution in [0, 0.1) is 0 Å². The highest BCUT2D eigenvalue weighted by Gasteiger charge is 2.18. The summed E-state index contributed by atoms with van der Waals surface area (Å²) < 4.78 is 6.69. The molecule has 5 nitrogen and oxygen atoms in total. The zero-order chi connectivity index (χ0) is 12.4. The van der Waals surface area contributed by atoms with Gasteiger partial charge in [-0.05, 0) is 6.07 Å². The molecule has 1 aromatic carbocycles. The van der Waals surface area contributed by atoms with Crippen LogP contribution in [0.5, 0.6) is 5.75 Å². The van der Waals surface area contributed by atoms with E-state index in [2.05, 4.69) is 5.10 Å². The Labute approximate surface area is 98.3 Å². The van der Waals surface area contributed by atoms with Crippen molar-refractivity contribution in [2.45, 2.75) is 0 Å². The van der Waals surface area contributed by atoms with Crippen LogP contribution in [0.4, 0.5) is 0 Å². The minimum Gasteiger partial charge on any atom is -0.496 e. The smallest absolute Gasteiger partial charge is 0.357 e. The highest BCUT2D eigenvalue weighted by Crippen LogP contribution is 2.31. The van der Waals surface area contributed by atoms with Crippen LogP contribution in [0.1, 0.15) is 10.5 Å². The molecule has 1 heterocycles. The Hall–Kier alpha value is -2.30. The van der Waals surface area contributed by atoms with Crippen LogP contribution in [0.3, 0.4) is 0 Å². The number of aryl methyl sites for hydroxylation is 1. The topological polar surface area (TPSA) is 64.4 Å². The van der Waals surface area contributed by atoms with Gasteiger partial charge in [0.2, 0.25) is 0 Å². The summed E-state index contributed by atoms with van der Waals surface area (Å²) in [5.41, 5.74) is 1.30. The van der Waals surface area contributed by atoms with Crippen molar-refractivity contribution in [2.24, 2.45) is 7.05 Å². The van der Waals surface area contributed by atoms with E-state index in [1.54, 1.807) is 26.4 Å². The molecular weight excluding hydrogens is 220 g/mol. The van der Waals surface area contributed by atoms with Gasteiger partial charge in [-0.15, -0.1) is 0 Å². The van der Waals surface area contributed by atoms with Gasteiger partial charge in [-0.3, -0.25) is 4.68 Å². The maximum atomic E-state index is 11.1. The standard InChI is InChI=1S/C12H12N2O3/c1-14-7-9(11(13-14)12(15)16)8-5-3-4-6-10(8)17-2/h3-7H,1-2H3,(H,15,16). The molecule has 2 rings (SSSR count). The van der Waals surface area contributed by atoms with Crippen molar-refractivity contribution in [3.8, 4) is 16.9 Å². The van der Waals surface area contributed by atoms with Crippen molar-refractivity contribution >= 4 is 5.97 Å². The highest BCUT2D eigenvalue weighted by atomic mass is 16.5. The predicted octanol–water partition coefficient (Wildman–Crippen LogP) is 1.79. The van der Waals surface area contributed by atoms with Crippen LogP contribution >= 0.6 is 0 Å². The van der Waals surface area contributed by atoms with E-state index in [1.165, 1.54) is 4.68 Å². The molecule has 0 aliphatic rings. The summed E-state index contributed by atoms with van der Waals surface area (Å²) in [6.07, 6.45) is 1.67. The van der Waals surface area contributed by atoms with Gasteiger partial charge in [0.15, 0.2) is 5.69 Å². The Morgan fingerprint density at radius 2 is 2.06 bits per heavy atom. The lowest BCUT2D eigenvalue weighted by Gasteiger charge is -2.06. The number of aromatic carboxylic acids is 1. The highest BCUT2D eigenvalue weighted by molar-refractivity contribution is 5.94. The van der Waals surface area contributed by atoms with E-state index in [0.717, 1.165) is 5.56 Å². The number of aromatic nitrogens is 2. The van der Waals surface area contributed by atoms with Gasteiger partial charge >= 0.3 is 5.97 Å². The Bertz CT molecular complexity index is 561. The summed E-state index contributed by atoms with van der Waals surface area (Å²) in [4.78, 5) is 11.1. The van der Waals surface area contributed by atoms with Crippen molar-refractivity contribution < 1.29 is 14.6 Å². The molecule has 0 amide bonds. The quantitative estimate of drug-likeness (QED) is 0.876. The minimum atomic E-state index is -1.05. The first-order chi connectivity index (χ1) is 8.13. The number of carboxylic acids is 1. The first-order valence-electron chi connectivity index (χ1n) is 5.04. The first kappa shape index (κ1) is 11.2. The number of hydrogen-bond donors (Lipinski definition) is 1. The molecule has 88 valence electrons. The van der Waals surface area contributed by atoms with Crippen molar-refractivity contribution in [3.05, 3.63) is 36.2 Å². The number of methoxy groups -OCH3 is 1. The Morgan fingerprint density at radius 3 is 2.71 bits per heavy atom. The van der Waals surface area contributed by atoms with Crippen LogP contribution in [0.2, 0.25) is 0 Å². The van der Waals surface area contributed by atoms with Crippen molar-refractivity contribution in [1.29, 1.82) is 0 Å². The largest absolute Gasteiger partial charge is 0.496 e. The maximum absolute atomic E-state index is 11.1. The molecule has 0 aliphatic heterocycles. The normalized spacial score (nSPS) is 10.2. The first-order valence-corrected chi connectivity index (χ1v) is 5.04. The molecule has 0 unspecified atom stereocenters. The molecule has 0 fully saturated rings. The van der Waals surface area contributed by atoms with Gasteiger partial charge < -0.3 is 9.84 Å². The molecule has 0 atom stereocenters. The molecule has 1 aromatic heterocycles. The van der Waals surface area contributed by atoms with E-state index in [-0.39, 0.29) is 5.69 Å². The van der Waals surface area contributed by atoms with Gasteiger partial charge in [-0.1, -0.05) is 18.2 Å². The summed E-state index contributed by atoms with van der Waals surface area (Å²) in [5.74, 6) is -0.422. The molecular formula is C12H12N2O3. The van der Waals surface area contributed by atoms with Crippen LogP contribution in [0.25, 0.3) is 11.1 Å². The molecule has 0 spiro atoms. The molecule has 0 bridgehead atoms. The SMILES string of the molecule is COc1ccccc1-c1cn(C)nc1C(=O)O. The van der Waals surface area contributed by atoms with Gasteiger partial charge in [0, 0.05) is 24.4 Å². The van der Waals surface area contributed by atoms with Gasteiger partial charge in [-0.2, -0.15) is 5.10 Å². The molecule has 2 aromatic rings. The third-order valence-corrected chi connectivity index (χ3v) is 2.43. The Morgan fingerprint density at radius 1 is 1.35 bits per heavy atom. The number of carbonyl (C=O) groups is 1. The maximum Gasteiger partial charge on any atom is 0.357 e. The summed E-state index contributed by atoms with van der Waals surface area (Å²) in [6, 6.07) is 7.26. The molecule has 0 saturated carbocycles. The van der Waals surface area contributed by atoms with Crippen LogP contribution in [-0.2, 0) is 7.05 Å². The van der Waals surface area contributed by atoms with Gasteiger partial charge in [0.25, 0.3) is 0 Å². The lowest BCUT2D eigenvalue weighted by Crippen LogP contribution is -2.01. The minimum absolute atomic E-state index is 0.0250. The van der Waals surface area contributed by atoms with Crippen LogP contribution in [0.15, 0.2) is 30.5 Å². The molecule has 17 heavy (non-hydrogen) atoms. The molecule has 0 aliphatic carbocycles. The van der Waals surface area contributed by atoms with Gasteiger partial charge in [0.05, 0.1) is 7.11 Å². The average Bonchev–Trinajstić information content (AvgIpc) is 2.71. The van der Waals surface area contributed by atoms with E-state index in [9.17, 15) is 4.79 Å². The van der Waals surface area contributed by atoms with E-state index < -0.39 is 5.97 Å². The van der Waals surface area contributed by atoms with Gasteiger partial charge in [0.1, 0.15) is 5.75 Å². The van der Waals surface area contributed by atoms with E-state index in [0.29, 0.717) is 11.3 Å². The monoisotopic (exact) mass is 232 g/mol. The lowest BCUT2D eigenvalue weighted by atomic mass is 10.1. The zero-order valence-electron chi connectivity index (χ0n) is 9.54. The number of carboxylic acid groups (broad SMARTS) is 1. The van der Waals surface area contributed by atoms with Crippen LogP contribution < -0.4 is 4.74 Å². The third-order valence-electron chi connectivity index (χ3n) is 2.43. The van der Waals surface area contributed by atoms with Crippen molar-refractivity contribution in [2.75, 3.05) is 7.11 Å². The second-order valence-electron chi connectivity index (χ2n) is 3.57.